The van der Waals surface area contributed by atoms with Gasteiger partial charge in [0.1, 0.15) is 5.82 Å². The topological polar surface area (TPSA) is 44.5 Å². The van der Waals surface area contributed by atoms with Gasteiger partial charge in [-0.1, -0.05) is 17.7 Å². The van der Waals surface area contributed by atoms with E-state index in [4.69, 9.17) is 17.3 Å². The van der Waals surface area contributed by atoms with Crippen molar-refractivity contribution in [2.45, 2.75) is 6.04 Å². The van der Waals surface area contributed by atoms with Gasteiger partial charge in [-0.2, -0.15) is 0 Å². The molecule has 1 aromatic rings. The molecule has 106 valence electrons. The van der Waals surface area contributed by atoms with E-state index in [1.165, 1.54) is 6.07 Å². The van der Waals surface area contributed by atoms with E-state index in [0.29, 0.717) is 17.1 Å². The van der Waals surface area contributed by atoms with Crippen molar-refractivity contribution in [1.82, 2.24) is 15.3 Å². The quantitative estimate of drug-likeness (QED) is 0.874. The molecule has 1 heterocycles. The van der Waals surface area contributed by atoms with Crippen molar-refractivity contribution in [2.24, 2.45) is 5.73 Å². The van der Waals surface area contributed by atoms with Gasteiger partial charge in [0.05, 0.1) is 6.04 Å². The van der Waals surface area contributed by atoms with Gasteiger partial charge in [0.2, 0.25) is 0 Å². The molecule has 19 heavy (non-hydrogen) atoms. The fraction of sp³-hybridized carbons (Fsp3) is 0.538. The summed E-state index contributed by atoms with van der Waals surface area (Å²) in [5.41, 5.74) is 9.62. The molecule has 0 amide bonds. The van der Waals surface area contributed by atoms with Gasteiger partial charge in [-0.25, -0.2) is 14.8 Å². The van der Waals surface area contributed by atoms with Gasteiger partial charge in [-0.15, -0.1) is 0 Å². The lowest BCUT2D eigenvalue weighted by Gasteiger charge is -2.35. The number of nitrogens with two attached hydrogens (primary N) is 1. The molecule has 0 bridgehead atoms. The van der Waals surface area contributed by atoms with Crippen LogP contribution in [-0.4, -0.2) is 49.7 Å². The van der Waals surface area contributed by atoms with Crippen LogP contribution in [0.25, 0.3) is 0 Å². The van der Waals surface area contributed by atoms with Gasteiger partial charge in [0.15, 0.2) is 0 Å². The second-order valence-electron chi connectivity index (χ2n) is 4.87. The van der Waals surface area contributed by atoms with Crippen LogP contribution in [0.2, 0.25) is 5.02 Å². The summed E-state index contributed by atoms with van der Waals surface area (Å²) in [4.78, 5) is 2.26. The van der Waals surface area contributed by atoms with Gasteiger partial charge >= 0.3 is 0 Å². The molecule has 1 fully saturated rings. The third-order valence-corrected chi connectivity index (χ3v) is 3.65. The van der Waals surface area contributed by atoms with Gasteiger partial charge in [-0.05, 0) is 19.2 Å². The lowest BCUT2D eigenvalue weighted by molar-refractivity contribution is 0.0873. The van der Waals surface area contributed by atoms with Gasteiger partial charge in [0, 0.05) is 43.3 Å². The highest BCUT2D eigenvalue weighted by molar-refractivity contribution is 6.30. The van der Waals surface area contributed by atoms with Crippen LogP contribution < -0.4 is 11.2 Å². The number of benzene rings is 1. The zero-order valence-electron chi connectivity index (χ0n) is 11.1. The van der Waals surface area contributed by atoms with Crippen molar-refractivity contribution in [3.05, 3.63) is 34.6 Å². The Morgan fingerprint density at radius 3 is 2.63 bits per heavy atom. The molecule has 1 aliphatic rings. The van der Waals surface area contributed by atoms with E-state index in [0.717, 1.165) is 26.2 Å². The highest BCUT2D eigenvalue weighted by atomic mass is 35.5. The second-order valence-corrected chi connectivity index (χ2v) is 5.31. The van der Waals surface area contributed by atoms with Gasteiger partial charge in [-0.3, -0.25) is 0 Å². The van der Waals surface area contributed by atoms with Crippen LogP contribution >= 0.6 is 11.6 Å². The van der Waals surface area contributed by atoms with Crippen molar-refractivity contribution in [3.8, 4) is 0 Å². The van der Waals surface area contributed by atoms with Crippen molar-refractivity contribution < 1.29 is 4.39 Å². The molecule has 2 rings (SSSR count). The first-order chi connectivity index (χ1) is 9.10. The van der Waals surface area contributed by atoms with Crippen LogP contribution in [0.3, 0.4) is 0 Å². The van der Waals surface area contributed by atoms with E-state index < -0.39 is 0 Å². The highest BCUT2D eigenvalue weighted by Gasteiger charge is 2.20. The highest BCUT2D eigenvalue weighted by Crippen LogP contribution is 2.20. The molecule has 0 aromatic heterocycles. The summed E-state index contributed by atoms with van der Waals surface area (Å²) < 4.78 is 13.9. The number of nitrogens with zero attached hydrogens (tertiary/aromatic N) is 2. The standard InChI is InChI=1S/C13H20ClFN4/c1-18-4-6-19(7-5-18)17-13(9-16)11-3-2-10(14)8-12(11)15/h2-3,8,13,17H,4-7,9,16H2,1H3. The number of hydrogen-bond acceptors (Lipinski definition) is 4. The SMILES string of the molecule is CN1CCN(NC(CN)c2ccc(Cl)cc2F)CC1. The maximum Gasteiger partial charge on any atom is 0.129 e. The number of halogens is 2. The van der Waals surface area contributed by atoms with Crippen LogP contribution in [0.15, 0.2) is 18.2 Å². The third kappa shape index (κ3) is 3.87. The Hall–Kier alpha value is -0.720. The minimum atomic E-state index is -0.315. The minimum absolute atomic E-state index is 0.222. The molecule has 1 saturated heterocycles. The summed E-state index contributed by atoms with van der Waals surface area (Å²) in [7, 11) is 2.09. The molecular formula is C13H20ClFN4. The number of rotatable bonds is 4. The second kappa shape index (κ2) is 6.63. The molecule has 1 aliphatic heterocycles. The zero-order valence-corrected chi connectivity index (χ0v) is 11.8. The largest absolute Gasteiger partial charge is 0.329 e. The predicted molar refractivity (Wildman–Crippen MR) is 75.4 cm³/mol. The Balaban J connectivity index is 2.03. The average Bonchev–Trinajstić information content (AvgIpc) is 2.39. The first kappa shape index (κ1) is 14.7. The molecule has 4 nitrogen and oxygen atoms in total. The lowest BCUT2D eigenvalue weighted by atomic mass is 10.1. The number of piperazine rings is 1. The number of hydrazine groups is 1. The molecule has 0 aliphatic carbocycles. The predicted octanol–water partition coefficient (Wildman–Crippen LogP) is 1.23. The van der Waals surface area contributed by atoms with Crippen LogP contribution in [0, 0.1) is 5.82 Å². The van der Waals surface area contributed by atoms with Crippen molar-refractivity contribution in [2.75, 3.05) is 39.8 Å². The Kier molecular flexibility index (Phi) is 5.13. The molecule has 0 saturated carbocycles. The van der Waals surface area contributed by atoms with E-state index in [9.17, 15) is 4.39 Å². The Morgan fingerprint density at radius 2 is 2.05 bits per heavy atom. The van der Waals surface area contributed by atoms with Crippen LogP contribution in [0.5, 0.6) is 0 Å². The van der Waals surface area contributed by atoms with E-state index in [2.05, 4.69) is 22.4 Å². The average molecular weight is 287 g/mol. The summed E-state index contributed by atoms with van der Waals surface area (Å²) in [6.45, 7) is 4.14. The molecule has 3 N–H and O–H groups in total. The van der Waals surface area contributed by atoms with E-state index >= 15 is 0 Å². The summed E-state index contributed by atoms with van der Waals surface area (Å²) in [5, 5.41) is 2.50. The van der Waals surface area contributed by atoms with Crippen molar-refractivity contribution in [3.63, 3.8) is 0 Å². The molecule has 0 radical (unpaired) electrons. The van der Waals surface area contributed by atoms with E-state index in [1.807, 2.05) is 0 Å². The summed E-state index contributed by atoms with van der Waals surface area (Å²) in [6.07, 6.45) is 0. The number of nitrogens with one attached hydrogen (secondary N) is 1. The zero-order chi connectivity index (χ0) is 13.8. The fourth-order valence-electron chi connectivity index (χ4n) is 2.19. The van der Waals surface area contributed by atoms with Crippen molar-refractivity contribution >= 4 is 11.6 Å². The first-order valence-corrected chi connectivity index (χ1v) is 6.82. The maximum atomic E-state index is 13.9. The molecule has 1 unspecified atom stereocenters. The Bertz CT molecular complexity index is 421. The smallest absolute Gasteiger partial charge is 0.129 e. The summed E-state index contributed by atoms with van der Waals surface area (Å²) >= 11 is 5.77. The van der Waals surface area contributed by atoms with Crippen LogP contribution in [0.4, 0.5) is 4.39 Å². The van der Waals surface area contributed by atoms with Crippen molar-refractivity contribution in [1.29, 1.82) is 0 Å². The Labute approximate surface area is 118 Å². The maximum absolute atomic E-state index is 13.9. The van der Waals surface area contributed by atoms with E-state index in [-0.39, 0.29) is 11.9 Å². The summed E-state index contributed by atoms with van der Waals surface area (Å²) in [6, 6.07) is 4.48. The number of likely N-dealkylation sites (N-methyl/N-ethyl adjacent to an activating group) is 1. The fourth-order valence-corrected chi connectivity index (χ4v) is 2.35. The monoisotopic (exact) mass is 286 g/mol. The third-order valence-electron chi connectivity index (χ3n) is 3.42. The summed E-state index contributed by atoms with van der Waals surface area (Å²) in [5.74, 6) is -0.315. The Morgan fingerprint density at radius 1 is 1.37 bits per heavy atom. The van der Waals surface area contributed by atoms with Gasteiger partial charge in [0.25, 0.3) is 0 Å². The lowest BCUT2D eigenvalue weighted by Crippen LogP contribution is -2.52. The molecule has 1 aromatic carbocycles. The van der Waals surface area contributed by atoms with Gasteiger partial charge < -0.3 is 10.6 Å². The van der Waals surface area contributed by atoms with E-state index in [1.54, 1.807) is 12.1 Å². The van der Waals surface area contributed by atoms with Crippen LogP contribution in [-0.2, 0) is 0 Å². The molecule has 1 atom stereocenters. The molecule has 0 spiro atoms. The minimum Gasteiger partial charge on any atom is -0.329 e. The number of hydrogen-bond donors (Lipinski definition) is 2. The van der Waals surface area contributed by atoms with Crippen LogP contribution in [0.1, 0.15) is 11.6 Å². The first-order valence-electron chi connectivity index (χ1n) is 6.45. The normalized spacial score (nSPS) is 19.6. The molecule has 6 heteroatoms. The molecular weight excluding hydrogens is 267 g/mol.